The van der Waals surface area contributed by atoms with Crippen molar-refractivity contribution in [3.63, 3.8) is 0 Å². The molecule has 0 rings (SSSR count). The fraction of sp³-hybridized carbons (Fsp3) is 1.00. The van der Waals surface area contributed by atoms with Gasteiger partial charge >= 0.3 is 21.7 Å². The Morgan fingerprint density at radius 1 is 0.667 bits per heavy atom. The number of hydrogen-bond acceptors (Lipinski definition) is 0. The summed E-state index contributed by atoms with van der Waals surface area (Å²) in [5.41, 5.74) is 0. The molecular weight excluding hydrogens is 195 g/mol. The monoisotopic (exact) mass is 206 g/mol. The van der Waals surface area contributed by atoms with E-state index in [0.717, 1.165) is 0 Å². The molecule has 0 amide bonds. The summed E-state index contributed by atoms with van der Waals surface area (Å²) in [6, 6.07) is 0. The molecular formula is C4H12Cl2N2Ti. The van der Waals surface area contributed by atoms with Gasteiger partial charge in [0, 0.05) is 0 Å². The minimum atomic E-state index is 0. The summed E-state index contributed by atoms with van der Waals surface area (Å²) in [4.78, 5) is 0. The van der Waals surface area contributed by atoms with Crippen molar-refractivity contribution in [2.45, 2.75) is 0 Å². The van der Waals surface area contributed by atoms with Crippen LogP contribution in [-0.4, -0.2) is 28.2 Å². The van der Waals surface area contributed by atoms with Crippen LogP contribution in [0.2, 0.25) is 0 Å². The van der Waals surface area contributed by atoms with E-state index in [1.54, 1.807) is 28.2 Å². The fourth-order valence-corrected chi connectivity index (χ4v) is 0. The third-order valence-electron chi connectivity index (χ3n) is 0. The van der Waals surface area contributed by atoms with Crippen molar-refractivity contribution in [2.24, 2.45) is 0 Å². The second-order valence-corrected chi connectivity index (χ2v) is 0.894. The summed E-state index contributed by atoms with van der Waals surface area (Å²) in [5, 5.41) is 7.00. The van der Waals surface area contributed by atoms with Crippen LogP contribution in [0.4, 0.5) is 0 Å². The van der Waals surface area contributed by atoms with Gasteiger partial charge in [0.25, 0.3) is 0 Å². The standard InChI is InChI=1S/2C2H6N.2ClH.Ti/c2*1-3-2;;;/h2*1-2H3;2*1H;/q2*-1;;;+4/p-2. The van der Waals surface area contributed by atoms with E-state index in [2.05, 4.69) is 10.6 Å². The molecule has 0 heterocycles. The van der Waals surface area contributed by atoms with Gasteiger partial charge in [-0.25, -0.2) is 0 Å². The Hall–Kier alpha value is 1.21. The first-order valence-corrected chi connectivity index (χ1v) is 1.79. The molecule has 5 heteroatoms. The Balaban J connectivity index is -0.00000000889. The minimum absolute atomic E-state index is 0. The number of hydrogen-bond donors (Lipinski definition) is 0. The number of rotatable bonds is 0. The molecule has 0 aliphatic heterocycles. The smallest absolute Gasteiger partial charge is 1.00 e. The molecule has 0 unspecified atom stereocenters. The number of nitrogens with zero attached hydrogens (tertiary/aromatic N) is 2. The van der Waals surface area contributed by atoms with Gasteiger partial charge in [-0.3, -0.25) is 0 Å². The third kappa shape index (κ3) is 325. The summed E-state index contributed by atoms with van der Waals surface area (Å²) in [6.07, 6.45) is 0. The van der Waals surface area contributed by atoms with Crippen LogP contribution in [0.5, 0.6) is 0 Å². The molecule has 0 N–H and O–H groups in total. The van der Waals surface area contributed by atoms with Crippen molar-refractivity contribution in [1.29, 1.82) is 0 Å². The van der Waals surface area contributed by atoms with Crippen molar-refractivity contribution in [2.75, 3.05) is 28.2 Å². The van der Waals surface area contributed by atoms with Gasteiger partial charge in [0.15, 0.2) is 0 Å². The normalized spacial score (nSPS) is 4.00. The summed E-state index contributed by atoms with van der Waals surface area (Å²) in [7, 11) is 7.00. The molecule has 2 nitrogen and oxygen atoms in total. The van der Waals surface area contributed by atoms with E-state index in [9.17, 15) is 0 Å². The SMILES string of the molecule is C[N-]C.C[N-]C.[Cl-].[Cl-].[Ti+4]. The third-order valence-corrected chi connectivity index (χ3v) is 0. The van der Waals surface area contributed by atoms with Crippen molar-refractivity contribution < 1.29 is 46.5 Å². The van der Waals surface area contributed by atoms with Crippen LogP contribution in [-0.2, 0) is 21.7 Å². The van der Waals surface area contributed by atoms with E-state index in [1.807, 2.05) is 0 Å². The van der Waals surface area contributed by atoms with Gasteiger partial charge in [-0.15, -0.1) is 0 Å². The molecule has 0 spiro atoms. The quantitative estimate of drug-likeness (QED) is 0.357. The van der Waals surface area contributed by atoms with E-state index in [1.165, 1.54) is 0 Å². The molecule has 56 valence electrons. The molecule has 0 aromatic carbocycles. The van der Waals surface area contributed by atoms with Crippen molar-refractivity contribution in [3.05, 3.63) is 10.6 Å². The molecule has 0 bridgehead atoms. The molecule has 9 heavy (non-hydrogen) atoms. The first kappa shape index (κ1) is 31.9. The van der Waals surface area contributed by atoms with E-state index in [4.69, 9.17) is 0 Å². The molecule has 0 fully saturated rings. The van der Waals surface area contributed by atoms with Crippen molar-refractivity contribution in [3.8, 4) is 0 Å². The maximum absolute atomic E-state index is 3.50. The van der Waals surface area contributed by atoms with Gasteiger partial charge in [-0.2, -0.15) is 28.2 Å². The second-order valence-electron chi connectivity index (χ2n) is 0.894. The molecule has 0 radical (unpaired) electrons. The van der Waals surface area contributed by atoms with E-state index >= 15 is 0 Å². The molecule has 0 atom stereocenters. The van der Waals surface area contributed by atoms with Gasteiger partial charge in [-0.1, -0.05) is 0 Å². The minimum Gasteiger partial charge on any atom is -1.00 e. The van der Waals surface area contributed by atoms with Gasteiger partial charge in [0.2, 0.25) is 0 Å². The van der Waals surface area contributed by atoms with Gasteiger partial charge < -0.3 is 35.4 Å². The van der Waals surface area contributed by atoms with Crippen LogP contribution in [0.25, 0.3) is 10.6 Å². The van der Waals surface area contributed by atoms with Gasteiger partial charge in [-0.05, 0) is 0 Å². The predicted molar refractivity (Wildman–Crippen MR) is 30.4 cm³/mol. The average molecular weight is 207 g/mol. The average Bonchev–Trinajstić information content (AvgIpc) is 1.39. The number of halogens is 2. The maximum atomic E-state index is 3.50. The van der Waals surface area contributed by atoms with Crippen molar-refractivity contribution in [1.82, 2.24) is 0 Å². The summed E-state index contributed by atoms with van der Waals surface area (Å²) >= 11 is 0. The van der Waals surface area contributed by atoms with Gasteiger partial charge in [0.1, 0.15) is 0 Å². The van der Waals surface area contributed by atoms with E-state index < -0.39 is 0 Å². The largest absolute Gasteiger partial charge is 4.00 e. The van der Waals surface area contributed by atoms with Gasteiger partial charge in [0.05, 0.1) is 0 Å². The Bertz CT molecular complexity index is 18.5. The van der Waals surface area contributed by atoms with E-state index in [-0.39, 0.29) is 46.5 Å². The van der Waals surface area contributed by atoms with Crippen molar-refractivity contribution >= 4 is 0 Å². The zero-order chi connectivity index (χ0) is 5.41. The van der Waals surface area contributed by atoms with Crippen LogP contribution in [0, 0.1) is 0 Å². The predicted octanol–water partition coefficient (Wildman–Crippen LogP) is -4.76. The fourth-order valence-electron chi connectivity index (χ4n) is 0. The maximum Gasteiger partial charge on any atom is 4.00 e. The van der Waals surface area contributed by atoms with Crippen LogP contribution < -0.4 is 24.8 Å². The van der Waals surface area contributed by atoms with Crippen LogP contribution in [0.15, 0.2) is 0 Å². The zero-order valence-electron chi connectivity index (χ0n) is 6.15. The molecule has 0 aliphatic rings. The first-order valence-electron chi connectivity index (χ1n) is 1.79. The summed E-state index contributed by atoms with van der Waals surface area (Å²) in [5.74, 6) is 0. The van der Waals surface area contributed by atoms with Crippen LogP contribution in [0.1, 0.15) is 0 Å². The summed E-state index contributed by atoms with van der Waals surface area (Å²) in [6.45, 7) is 0. The molecule has 0 aliphatic carbocycles. The Labute approximate surface area is 85.3 Å². The second kappa shape index (κ2) is 60.2. The molecule has 0 aromatic heterocycles. The summed E-state index contributed by atoms with van der Waals surface area (Å²) < 4.78 is 0. The Morgan fingerprint density at radius 3 is 0.667 bits per heavy atom. The molecule has 0 saturated heterocycles. The van der Waals surface area contributed by atoms with Crippen LogP contribution in [0.3, 0.4) is 0 Å². The first-order chi connectivity index (χ1) is 2.83. The zero-order valence-corrected chi connectivity index (χ0v) is 9.22. The van der Waals surface area contributed by atoms with E-state index in [0.29, 0.717) is 0 Å². The topological polar surface area (TPSA) is 28.2 Å². The Morgan fingerprint density at radius 2 is 0.667 bits per heavy atom. The molecule has 0 saturated carbocycles. The van der Waals surface area contributed by atoms with Crippen LogP contribution >= 0.6 is 0 Å². The molecule has 0 aromatic rings. The Kier molecular flexibility index (Phi) is 213.